The Bertz CT molecular complexity index is 1160. The van der Waals surface area contributed by atoms with E-state index >= 15 is 0 Å². The van der Waals surface area contributed by atoms with Crippen molar-refractivity contribution in [1.29, 1.82) is 0 Å². The van der Waals surface area contributed by atoms with Gasteiger partial charge in [0.1, 0.15) is 5.71 Å². The SMILES string of the molecule is CCCCN1C(=O)C(=Nc2c(C)n(C)n(-c3ccccc3)c2=O)c2ccccc21. The number of unbranched alkanes of at least 4 members (excludes halogenated alkanes) is 1. The van der Waals surface area contributed by atoms with Gasteiger partial charge in [-0.1, -0.05) is 49.7 Å². The Hall–Kier alpha value is -3.41. The molecule has 2 aromatic carbocycles. The molecule has 4 rings (SSSR count). The molecule has 0 atom stereocenters. The van der Waals surface area contributed by atoms with E-state index in [0.29, 0.717) is 23.6 Å². The molecule has 1 aromatic heterocycles. The predicted octanol–water partition coefficient (Wildman–Crippen LogP) is 3.75. The van der Waals surface area contributed by atoms with Gasteiger partial charge in [-0.25, -0.2) is 9.67 Å². The van der Waals surface area contributed by atoms with Crippen LogP contribution in [0.5, 0.6) is 0 Å². The van der Waals surface area contributed by atoms with E-state index in [-0.39, 0.29) is 11.5 Å². The summed E-state index contributed by atoms with van der Waals surface area (Å²) in [5, 5.41) is 0. The van der Waals surface area contributed by atoms with Crippen molar-refractivity contribution in [2.24, 2.45) is 12.0 Å². The maximum Gasteiger partial charge on any atom is 0.297 e. The molecule has 1 aliphatic heterocycles. The van der Waals surface area contributed by atoms with Crippen molar-refractivity contribution in [1.82, 2.24) is 9.36 Å². The Morgan fingerprint density at radius 3 is 2.38 bits per heavy atom. The number of hydrogen-bond donors (Lipinski definition) is 0. The lowest BCUT2D eigenvalue weighted by molar-refractivity contribution is -0.112. The molecule has 0 saturated heterocycles. The van der Waals surface area contributed by atoms with E-state index < -0.39 is 0 Å². The quantitative estimate of drug-likeness (QED) is 0.668. The molecule has 3 aromatic rings. The molecule has 0 saturated carbocycles. The summed E-state index contributed by atoms with van der Waals surface area (Å²) in [4.78, 5) is 32.7. The number of amides is 1. The van der Waals surface area contributed by atoms with Crippen LogP contribution in [0.25, 0.3) is 5.69 Å². The molecule has 0 fully saturated rings. The van der Waals surface area contributed by atoms with Crippen LogP contribution in [0.4, 0.5) is 11.4 Å². The van der Waals surface area contributed by atoms with Crippen molar-refractivity contribution in [3.63, 3.8) is 0 Å². The Kier molecular flexibility index (Phi) is 4.92. The molecule has 6 nitrogen and oxygen atoms in total. The molecule has 1 amide bonds. The lowest BCUT2D eigenvalue weighted by atomic mass is 10.1. The first kappa shape index (κ1) is 18.9. The van der Waals surface area contributed by atoms with Crippen molar-refractivity contribution in [2.75, 3.05) is 11.4 Å². The largest absolute Gasteiger partial charge is 0.306 e. The minimum absolute atomic E-state index is 0.145. The van der Waals surface area contributed by atoms with Crippen molar-refractivity contribution in [2.45, 2.75) is 26.7 Å². The van der Waals surface area contributed by atoms with Crippen LogP contribution < -0.4 is 10.5 Å². The van der Waals surface area contributed by atoms with Crippen molar-refractivity contribution in [3.8, 4) is 5.69 Å². The third-order valence-corrected chi connectivity index (χ3v) is 5.38. The fourth-order valence-corrected chi connectivity index (χ4v) is 3.70. The zero-order valence-electron chi connectivity index (χ0n) is 16.9. The Morgan fingerprint density at radius 1 is 0.966 bits per heavy atom. The summed E-state index contributed by atoms with van der Waals surface area (Å²) in [5.41, 5.74) is 3.51. The lowest BCUT2D eigenvalue weighted by Gasteiger charge is -2.15. The van der Waals surface area contributed by atoms with Crippen LogP contribution in [0.15, 0.2) is 64.4 Å². The summed E-state index contributed by atoms with van der Waals surface area (Å²) in [7, 11) is 1.82. The number of carbonyl (C=O) groups excluding carboxylic acids is 1. The van der Waals surface area contributed by atoms with Crippen molar-refractivity contribution in [3.05, 3.63) is 76.2 Å². The fourth-order valence-electron chi connectivity index (χ4n) is 3.70. The Morgan fingerprint density at radius 2 is 1.66 bits per heavy atom. The minimum Gasteiger partial charge on any atom is -0.306 e. The van der Waals surface area contributed by atoms with E-state index in [0.717, 1.165) is 29.8 Å². The van der Waals surface area contributed by atoms with E-state index in [9.17, 15) is 9.59 Å². The Labute approximate surface area is 169 Å². The molecule has 1 aliphatic rings. The topological polar surface area (TPSA) is 59.6 Å². The number of aliphatic imine (C=N–C) groups is 1. The molecule has 0 spiro atoms. The number of nitrogens with zero attached hydrogens (tertiary/aromatic N) is 4. The summed E-state index contributed by atoms with van der Waals surface area (Å²) < 4.78 is 3.35. The molecule has 0 unspecified atom stereocenters. The normalized spacial score (nSPS) is 14.7. The summed E-state index contributed by atoms with van der Waals surface area (Å²) >= 11 is 0. The standard InChI is InChI=1S/C23H24N4O2/c1-4-5-15-26-19-14-10-9-13-18(19)21(22(26)28)24-20-16(2)25(3)27(23(20)29)17-11-7-6-8-12-17/h6-14H,4-5,15H2,1-3H3. The number of fused-ring (bicyclic) bond motifs is 1. The average Bonchev–Trinajstić information content (AvgIpc) is 3.12. The Balaban J connectivity index is 1.85. The first-order chi connectivity index (χ1) is 14.0. The zero-order chi connectivity index (χ0) is 20.5. The number of anilines is 1. The fraction of sp³-hybridized carbons (Fsp3) is 0.261. The monoisotopic (exact) mass is 388 g/mol. The first-order valence-corrected chi connectivity index (χ1v) is 9.88. The van der Waals surface area contributed by atoms with Crippen molar-refractivity contribution >= 4 is 23.0 Å². The van der Waals surface area contributed by atoms with Gasteiger partial charge >= 0.3 is 0 Å². The highest BCUT2D eigenvalue weighted by Crippen LogP contribution is 2.31. The summed E-state index contributed by atoms with van der Waals surface area (Å²) in [6.07, 6.45) is 1.91. The summed E-state index contributed by atoms with van der Waals surface area (Å²) in [5.74, 6) is -0.145. The van der Waals surface area contributed by atoms with Gasteiger partial charge in [-0.15, -0.1) is 0 Å². The smallest absolute Gasteiger partial charge is 0.297 e. The number of carbonyl (C=O) groups is 1. The van der Waals surface area contributed by atoms with Crippen LogP contribution in [0.2, 0.25) is 0 Å². The number of rotatable bonds is 5. The molecule has 2 heterocycles. The van der Waals surface area contributed by atoms with Gasteiger partial charge < -0.3 is 4.90 Å². The molecule has 148 valence electrons. The van der Waals surface area contributed by atoms with Gasteiger partial charge in [0, 0.05) is 19.2 Å². The number of aromatic nitrogens is 2. The molecular formula is C23H24N4O2. The summed E-state index contributed by atoms with van der Waals surface area (Å²) in [6.45, 7) is 4.59. The minimum atomic E-state index is -0.235. The van der Waals surface area contributed by atoms with Crippen molar-refractivity contribution < 1.29 is 4.79 Å². The number of para-hydroxylation sites is 2. The highest BCUT2D eigenvalue weighted by molar-refractivity contribution is 6.54. The number of benzene rings is 2. The zero-order valence-corrected chi connectivity index (χ0v) is 16.9. The van der Waals surface area contributed by atoms with Crippen LogP contribution in [-0.2, 0) is 11.8 Å². The molecule has 6 heteroatoms. The maximum atomic E-state index is 13.2. The third-order valence-electron chi connectivity index (χ3n) is 5.38. The van der Waals surface area contributed by atoms with E-state index in [1.165, 1.54) is 0 Å². The highest BCUT2D eigenvalue weighted by Gasteiger charge is 2.34. The van der Waals surface area contributed by atoms with Gasteiger partial charge in [0.2, 0.25) is 0 Å². The van der Waals surface area contributed by atoms with Crippen LogP contribution >= 0.6 is 0 Å². The second-order valence-electron chi connectivity index (χ2n) is 7.20. The second-order valence-corrected chi connectivity index (χ2v) is 7.20. The van der Waals surface area contributed by atoms with Crippen LogP contribution in [0, 0.1) is 6.92 Å². The lowest BCUT2D eigenvalue weighted by Crippen LogP contribution is -2.31. The van der Waals surface area contributed by atoms with E-state index in [2.05, 4.69) is 11.9 Å². The van der Waals surface area contributed by atoms with Crippen LogP contribution in [0.3, 0.4) is 0 Å². The summed E-state index contributed by atoms with van der Waals surface area (Å²) in [6, 6.07) is 17.1. The van der Waals surface area contributed by atoms with Gasteiger partial charge in [-0.05, 0) is 31.5 Å². The van der Waals surface area contributed by atoms with E-state index in [4.69, 9.17) is 0 Å². The number of hydrogen-bond acceptors (Lipinski definition) is 3. The van der Waals surface area contributed by atoms with Crippen LogP contribution in [-0.4, -0.2) is 27.5 Å². The van der Waals surface area contributed by atoms with Gasteiger partial charge in [-0.3, -0.25) is 14.3 Å². The molecule has 0 aliphatic carbocycles. The maximum absolute atomic E-state index is 13.2. The average molecular weight is 388 g/mol. The molecule has 0 bridgehead atoms. The van der Waals surface area contributed by atoms with E-state index in [1.54, 1.807) is 14.3 Å². The predicted molar refractivity (Wildman–Crippen MR) is 116 cm³/mol. The molecular weight excluding hydrogens is 364 g/mol. The van der Waals surface area contributed by atoms with Gasteiger partial charge in [-0.2, -0.15) is 0 Å². The molecule has 0 N–H and O–H groups in total. The van der Waals surface area contributed by atoms with Gasteiger partial charge in [0.15, 0.2) is 5.69 Å². The highest BCUT2D eigenvalue weighted by atomic mass is 16.2. The third kappa shape index (κ3) is 3.10. The molecule has 29 heavy (non-hydrogen) atoms. The van der Waals surface area contributed by atoms with Gasteiger partial charge in [0.25, 0.3) is 11.5 Å². The van der Waals surface area contributed by atoms with Crippen LogP contribution in [0.1, 0.15) is 31.0 Å². The van der Waals surface area contributed by atoms with E-state index in [1.807, 2.05) is 68.6 Å². The first-order valence-electron chi connectivity index (χ1n) is 9.88. The molecule has 0 radical (unpaired) electrons. The van der Waals surface area contributed by atoms with Gasteiger partial charge in [0.05, 0.1) is 17.1 Å². The second kappa shape index (κ2) is 7.54.